The molecular formula is C11H13N2NaO3S. The molecule has 0 amide bonds. The van der Waals surface area contributed by atoms with E-state index in [-0.39, 0.29) is 46.6 Å². The summed E-state index contributed by atoms with van der Waals surface area (Å²) in [5.41, 5.74) is 1.23. The molecule has 0 radical (unpaired) electrons. The number of benzene rings is 1. The van der Waals surface area contributed by atoms with E-state index in [4.69, 9.17) is 4.74 Å². The zero-order valence-corrected chi connectivity index (χ0v) is 13.7. The van der Waals surface area contributed by atoms with Crippen molar-refractivity contribution in [3.8, 4) is 0 Å². The molecule has 1 aromatic carbocycles. The summed E-state index contributed by atoms with van der Waals surface area (Å²) in [6.45, 7) is 5.39. The van der Waals surface area contributed by atoms with E-state index in [0.29, 0.717) is 5.69 Å². The monoisotopic (exact) mass is 276 g/mol. The molecule has 1 aromatic rings. The van der Waals surface area contributed by atoms with Gasteiger partial charge in [0.25, 0.3) is 0 Å². The number of nitrogens with zero attached hydrogens (tertiary/aromatic N) is 2. The molecule has 0 atom stereocenters. The third-order valence-electron chi connectivity index (χ3n) is 2.15. The van der Waals surface area contributed by atoms with Gasteiger partial charge in [0.2, 0.25) is 10.0 Å². The molecule has 1 aliphatic heterocycles. The summed E-state index contributed by atoms with van der Waals surface area (Å²) in [5, 5.41) is 4.07. The number of rotatable bonds is 1. The first-order chi connectivity index (χ1) is 7.88. The van der Waals surface area contributed by atoms with Crippen molar-refractivity contribution in [2.45, 2.75) is 31.8 Å². The minimum absolute atomic E-state index is 0. The van der Waals surface area contributed by atoms with Gasteiger partial charge in [-0.2, -0.15) is 0 Å². The van der Waals surface area contributed by atoms with Crippen LogP contribution in [0.1, 0.15) is 19.4 Å². The maximum atomic E-state index is 11.9. The van der Waals surface area contributed by atoms with E-state index in [1.54, 1.807) is 32.0 Å². The average Bonchev–Trinajstić information content (AvgIpc) is 2.17. The average molecular weight is 276 g/mol. The van der Waals surface area contributed by atoms with Crippen molar-refractivity contribution in [3.05, 3.63) is 29.1 Å². The molecule has 0 unspecified atom stereocenters. The molecule has 2 rings (SSSR count). The summed E-state index contributed by atoms with van der Waals surface area (Å²) >= 11 is 0. The van der Waals surface area contributed by atoms with Crippen LogP contribution in [0.25, 0.3) is 5.32 Å². The minimum atomic E-state index is -3.69. The van der Waals surface area contributed by atoms with E-state index < -0.39 is 10.0 Å². The fourth-order valence-electron chi connectivity index (χ4n) is 1.45. The fourth-order valence-corrected chi connectivity index (χ4v) is 2.56. The Morgan fingerprint density at radius 1 is 1.33 bits per heavy atom. The number of fused-ring (bicyclic) bond motifs is 1. The van der Waals surface area contributed by atoms with Gasteiger partial charge in [-0.25, -0.2) is 8.42 Å². The van der Waals surface area contributed by atoms with Gasteiger partial charge in [0.05, 0.1) is 11.0 Å². The van der Waals surface area contributed by atoms with Gasteiger partial charge in [-0.3, -0.25) is 0 Å². The number of aryl methyl sites for hydroxylation is 1. The van der Waals surface area contributed by atoms with Gasteiger partial charge >= 0.3 is 29.6 Å². The topological polar surface area (TPSA) is 69.8 Å². The van der Waals surface area contributed by atoms with E-state index in [9.17, 15) is 8.42 Å². The van der Waals surface area contributed by atoms with Crippen molar-refractivity contribution in [1.82, 2.24) is 0 Å². The summed E-state index contributed by atoms with van der Waals surface area (Å²) in [4.78, 5) is 0.133. The molecular weight excluding hydrogens is 263 g/mol. The largest absolute Gasteiger partial charge is 1.00 e. The van der Waals surface area contributed by atoms with E-state index in [1.807, 2.05) is 6.92 Å². The van der Waals surface area contributed by atoms with Gasteiger partial charge < -0.3 is 14.5 Å². The van der Waals surface area contributed by atoms with E-state index in [2.05, 4.69) is 9.71 Å². The zero-order valence-electron chi connectivity index (χ0n) is 10.8. The molecule has 0 fully saturated rings. The van der Waals surface area contributed by atoms with Crippen LogP contribution >= 0.6 is 0 Å². The predicted molar refractivity (Wildman–Crippen MR) is 65.0 cm³/mol. The van der Waals surface area contributed by atoms with Gasteiger partial charge in [0, 0.05) is 0 Å². The van der Waals surface area contributed by atoms with E-state index in [0.717, 1.165) is 5.56 Å². The SMILES string of the molecule is Cc1ccc2c(c1)S(=O)(=O)N=C(OC(C)C)[N-]2.[Na+]. The van der Waals surface area contributed by atoms with Crippen molar-refractivity contribution >= 4 is 21.7 Å². The Labute approximate surface area is 129 Å². The van der Waals surface area contributed by atoms with Gasteiger partial charge in [0.1, 0.15) is 6.02 Å². The molecule has 1 heterocycles. The number of sulfonamides is 1. The third kappa shape index (κ3) is 3.26. The van der Waals surface area contributed by atoms with E-state index in [1.165, 1.54) is 0 Å². The predicted octanol–water partition coefficient (Wildman–Crippen LogP) is -0.512. The van der Waals surface area contributed by atoms with Gasteiger partial charge in [0.15, 0.2) is 0 Å². The number of hydrogen-bond donors (Lipinski definition) is 0. The third-order valence-corrected chi connectivity index (χ3v) is 3.43. The van der Waals surface area contributed by atoms with Crippen LogP contribution < -0.4 is 29.6 Å². The fraction of sp³-hybridized carbons (Fsp3) is 0.364. The Morgan fingerprint density at radius 3 is 2.61 bits per heavy atom. The van der Waals surface area contributed by atoms with Gasteiger partial charge in [-0.1, -0.05) is 12.1 Å². The molecule has 18 heavy (non-hydrogen) atoms. The second-order valence-corrected chi connectivity index (χ2v) is 5.67. The second-order valence-electron chi connectivity index (χ2n) is 4.10. The Kier molecular flexibility index (Phi) is 4.83. The molecule has 0 bridgehead atoms. The molecule has 0 aliphatic carbocycles. The summed E-state index contributed by atoms with van der Waals surface area (Å²) < 4.78 is 32.5. The number of ether oxygens (including phenoxy) is 1. The maximum Gasteiger partial charge on any atom is 1.00 e. The molecule has 1 aliphatic rings. The molecule has 0 N–H and O–H groups in total. The maximum absolute atomic E-state index is 11.9. The second kappa shape index (κ2) is 5.61. The summed E-state index contributed by atoms with van der Waals surface area (Å²) in [7, 11) is -3.69. The Morgan fingerprint density at radius 2 is 2.00 bits per heavy atom. The quantitative estimate of drug-likeness (QED) is 0.649. The van der Waals surface area contributed by atoms with Crippen molar-refractivity contribution in [3.63, 3.8) is 0 Å². The molecule has 7 heteroatoms. The molecule has 0 spiro atoms. The van der Waals surface area contributed by atoms with Crippen LogP contribution in [0.4, 0.5) is 5.69 Å². The zero-order chi connectivity index (χ0) is 12.6. The first-order valence-corrected chi connectivity index (χ1v) is 6.66. The van der Waals surface area contributed by atoms with Crippen LogP contribution in [-0.4, -0.2) is 20.5 Å². The molecule has 0 aromatic heterocycles. The standard InChI is InChI=1S/C11H13N2O3S.Na/c1-7(2)16-11-12-9-5-4-8(3)6-10(9)17(14,15)13-11;/h4-7H,1-3H3;/q-1;+1. The van der Waals surface area contributed by atoms with Crippen molar-refractivity contribution in [2.75, 3.05) is 0 Å². The summed E-state index contributed by atoms with van der Waals surface area (Å²) in [6.07, 6.45) is -0.167. The number of hydrogen-bond acceptors (Lipinski definition) is 3. The minimum Gasteiger partial charge on any atom is -0.498 e. The van der Waals surface area contributed by atoms with E-state index >= 15 is 0 Å². The first-order valence-electron chi connectivity index (χ1n) is 5.22. The van der Waals surface area contributed by atoms with Crippen molar-refractivity contribution in [1.29, 1.82) is 0 Å². The molecule has 5 nitrogen and oxygen atoms in total. The van der Waals surface area contributed by atoms with Gasteiger partial charge in [-0.05, 0) is 38.1 Å². The number of amidine groups is 1. The van der Waals surface area contributed by atoms with Crippen LogP contribution in [-0.2, 0) is 14.8 Å². The van der Waals surface area contributed by atoms with Crippen molar-refractivity contribution in [2.24, 2.45) is 4.40 Å². The van der Waals surface area contributed by atoms with Crippen LogP contribution in [0.2, 0.25) is 0 Å². The van der Waals surface area contributed by atoms with Crippen LogP contribution in [0.5, 0.6) is 0 Å². The van der Waals surface area contributed by atoms with Crippen LogP contribution in [0, 0.1) is 6.92 Å². The summed E-state index contributed by atoms with van der Waals surface area (Å²) in [6, 6.07) is 4.91. The smallest absolute Gasteiger partial charge is 0.498 e. The van der Waals surface area contributed by atoms with Crippen molar-refractivity contribution < 1.29 is 42.7 Å². The van der Waals surface area contributed by atoms with Crippen LogP contribution in [0.15, 0.2) is 27.5 Å². The Hall–Kier alpha value is -0.560. The molecule has 0 saturated heterocycles. The normalized spacial score (nSPS) is 16.1. The first kappa shape index (κ1) is 15.5. The van der Waals surface area contributed by atoms with Crippen LogP contribution in [0.3, 0.4) is 0 Å². The Bertz CT molecular complexity index is 582. The summed E-state index contributed by atoms with van der Waals surface area (Å²) in [5.74, 6) is 0. The molecule has 92 valence electrons. The van der Waals surface area contributed by atoms with Gasteiger partial charge in [-0.15, -0.1) is 0 Å². The Balaban J connectivity index is 0.00000162. The molecule has 0 saturated carbocycles.